The van der Waals surface area contributed by atoms with Crippen LogP contribution in [0.4, 0.5) is 0 Å². The molecule has 5 heteroatoms. The molecule has 1 atom stereocenters. The van der Waals surface area contributed by atoms with E-state index < -0.39 is 0 Å². The lowest BCUT2D eigenvalue weighted by Gasteiger charge is -2.22. The van der Waals surface area contributed by atoms with E-state index in [1.54, 1.807) is 7.11 Å². The summed E-state index contributed by atoms with van der Waals surface area (Å²) in [4.78, 5) is 0. The van der Waals surface area contributed by atoms with Gasteiger partial charge in [0.05, 0.1) is 18.2 Å². The monoisotopic (exact) mass is 479 g/mol. The molecule has 0 aliphatic heterocycles. The van der Waals surface area contributed by atoms with Gasteiger partial charge in [-0.05, 0) is 65.0 Å². The minimum Gasteiger partial charge on any atom is -0.496 e. The van der Waals surface area contributed by atoms with Crippen LogP contribution in [0.3, 0.4) is 0 Å². The fourth-order valence-corrected chi connectivity index (χ4v) is 3.14. The van der Waals surface area contributed by atoms with Crippen LogP contribution in [-0.4, -0.2) is 13.7 Å². The van der Waals surface area contributed by atoms with Gasteiger partial charge in [0, 0.05) is 13.6 Å². The molecule has 2 rings (SSSR count). The summed E-state index contributed by atoms with van der Waals surface area (Å²) in [7, 11) is 1.69. The van der Waals surface area contributed by atoms with E-state index in [9.17, 15) is 0 Å². The minimum atomic E-state index is 0.0388. The molecule has 0 aromatic heterocycles. The average molecular weight is 481 g/mol. The Labute approximate surface area is 152 Å². The Hall–Kier alpha value is -0.300. The number of methoxy groups -OCH3 is 1. The van der Waals surface area contributed by atoms with Gasteiger partial charge in [-0.1, -0.05) is 40.5 Å². The first kappa shape index (κ1) is 17.1. The molecule has 0 radical (unpaired) electrons. The van der Waals surface area contributed by atoms with Gasteiger partial charge in [0.25, 0.3) is 0 Å². The molecule has 1 unspecified atom stereocenters. The van der Waals surface area contributed by atoms with Gasteiger partial charge < -0.3 is 10.1 Å². The van der Waals surface area contributed by atoms with Crippen molar-refractivity contribution in [3.63, 3.8) is 0 Å². The predicted octanol–water partition coefficient (Wildman–Crippen LogP) is 5.41. The number of hydrogen-bond acceptors (Lipinski definition) is 2. The quantitative estimate of drug-likeness (QED) is 0.578. The van der Waals surface area contributed by atoms with Crippen LogP contribution in [0.15, 0.2) is 40.9 Å². The number of benzene rings is 2. The van der Waals surface area contributed by atoms with Crippen LogP contribution in [0.25, 0.3) is 0 Å². The summed E-state index contributed by atoms with van der Waals surface area (Å²) in [6.45, 7) is 2.94. The topological polar surface area (TPSA) is 21.3 Å². The van der Waals surface area contributed by atoms with Crippen molar-refractivity contribution in [3.05, 3.63) is 60.6 Å². The van der Waals surface area contributed by atoms with Crippen LogP contribution in [0, 0.1) is 3.57 Å². The normalized spacial score (nSPS) is 12.2. The van der Waals surface area contributed by atoms with Crippen molar-refractivity contribution >= 4 is 50.1 Å². The van der Waals surface area contributed by atoms with Gasteiger partial charge in [0.1, 0.15) is 5.75 Å². The van der Waals surface area contributed by atoms with E-state index in [1.807, 2.05) is 24.3 Å². The molecular weight excluding hydrogens is 464 g/mol. The van der Waals surface area contributed by atoms with Gasteiger partial charge in [-0.25, -0.2) is 0 Å². The SMILES string of the molecule is CCNC(c1ccc(I)c(Cl)c1)c1cc(Br)ccc1OC. The van der Waals surface area contributed by atoms with Crippen LogP contribution in [0.1, 0.15) is 24.1 Å². The van der Waals surface area contributed by atoms with Gasteiger partial charge in [-0.2, -0.15) is 0 Å². The molecule has 2 aromatic rings. The van der Waals surface area contributed by atoms with Gasteiger partial charge in [0.15, 0.2) is 0 Å². The average Bonchev–Trinajstić information content (AvgIpc) is 2.48. The molecule has 0 aliphatic carbocycles. The largest absolute Gasteiger partial charge is 0.496 e. The Bertz CT molecular complexity index is 636. The fourth-order valence-electron chi connectivity index (χ4n) is 2.23. The molecule has 0 aliphatic rings. The number of rotatable bonds is 5. The predicted molar refractivity (Wildman–Crippen MR) is 100 cm³/mol. The molecule has 2 nitrogen and oxygen atoms in total. The van der Waals surface area contributed by atoms with Crippen LogP contribution in [0.5, 0.6) is 5.75 Å². The van der Waals surface area contributed by atoms with Crippen molar-refractivity contribution in [3.8, 4) is 5.75 Å². The number of ether oxygens (including phenoxy) is 1. The number of hydrogen-bond donors (Lipinski definition) is 1. The zero-order valence-electron chi connectivity index (χ0n) is 11.8. The first-order chi connectivity index (χ1) is 10.1. The lowest BCUT2D eigenvalue weighted by Crippen LogP contribution is -2.22. The van der Waals surface area contributed by atoms with E-state index in [1.165, 1.54) is 0 Å². The van der Waals surface area contributed by atoms with E-state index >= 15 is 0 Å². The Morgan fingerprint density at radius 1 is 1.29 bits per heavy atom. The minimum absolute atomic E-state index is 0.0388. The van der Waals surface area contributed by atoms with E-state index in [0.717, 1.165) is 36.5 Å². The second-order valence-electron chi connectivity index (χ2n) is 4.55. The Kier molecular flexibility index (Phi) is 6.34. The number of halogens is 3. The maximum atomic E-state index is 6.27. The van der Waals surface area contributed by atoms with Crippen LogP contribution in [0.2, 0.25) is 5.02 Å². The Morgan fingerprint density at radius 2 is 2.05 bits per heavy atom. The summed E-state index contributed by atoms with van der Waals surface area (Å²) in [6.07, 6.45) is 0. The van der Waals surface area contributed by atoms with Gasteiger partial charge in [-0.15, -0.1) is 0 Å². The molecule has 1 N–H and O–H groups in total. The fraction of sp³-hybridized carbons (Fsp3) is 0.250. The van der Waals surface area contributed by atoms with Gasteiger partial charge >= 0.3 is 0 Å². The van der Waals surface area contributed by atoms with Crippen molar-refractivity contribution < 1.29 is 4.74 Å². The molecular formula is C16H16BrClINO. The summed E-state index contributed by atoms with van der Waals surface area (Å²) in [6, 6.07) is 12.2. The standard InChI is InChI=1S/C16H16BrClINO/c1-3-20-16(10-4-6-14(19)13(18)8-10)12-9-11(17)5-7-15(12)21-2/h4-9,16,20H,3H2,1-2H3. The van der Waals surface area contributed by atoms with Crippen LogP contribution in [-0.2, 0) is 0 Å². The molecule has 0 spiro atoms. The smallest absolute Gasteiger partial charge is 0.124 e. The van der Waals surface area contributed by atoms with Crippen molar-refractivity contribution in [1.29, 1.82) is 0 Å². The third kappa shape index (κ3) is 4.12. The molecule has 0 heterocycles. The first-order valence-corrected chi connectivity index (χ1v) is 8.83. The van der Waals surface area contributed by atoms with Gasteiger partial charge in [-0.3, -0.25) is 0 Å². The summed E-state index contributed by atoms with van der Waals surface area (Å²) in [5.74, 6) is 0.860. The van der Waals surface area contributed by atoms with E-state index in [2.05, 4.69) is 62.9 Å². The maximum Gasteiger partial charge on any atom is 0.124 e. The third-order valence-corrected chi connectivity index (χ3v) is 5.25. The zero-order valence-corrected chi connectivity index (χ0v) is 16.3. The molecule has 0 saturated heterocycles. The van der Waals surface area contributed by atoms with E-state index in [4.69, 9.17) is 16.3 Å². The maximum absolute atomic E-state index is 6.27. The lowest BCUT2D eigenvalue weighted by molar-refractivity contribution is 0.404. The Morgan fingerprint density at radius 3 is 2.67 bits per heavy atom. The molecule has 0 bridgehead atoms. The Balaban J connectivity index is 2.52. The summed E-state index contributed by atoms with van der Waals surface area (Å²) in [5, 5.41) is 4.27. The van der Waals surface area contributed by atoms with E-state index in [-0.39, 0.29) is 6.04 Å². The highest BCUT2D eigenvalue weighted by molar-refractivity contribution is 14.1. The highest BCUT2D eigenvalue weighted by Crippen LogP contribution is 2.34. The second-order valence-corrected chi connectivity index (χ2v) is 7.04. The van der Waals surface area contributed by atoms with Gasteiger partial charge in [0.2, 0.25) is 0 Å². The molecule has 0 fully saturated rings. The number of nitrogens with one attached hydrogen (secondary N) is 1. The second kappa shape index (κ2) is 7.81. The van der Waals surface area contributed by atoms with Crippen molar-refractivity contribution in [1.82, 2.24) is 5.32 Å². The van der Waals surface area contributed by atoms with Crippen molar-refractivity contribution in [2.45, 2.75) is 13.0 Å². The summed E-state index contributed by atoms with van der Waals surface area (Å²) < 4.78 is 7.58. The van der Waals surface area contributed by atoms with Crippen LogP contribution >= 0.6 is 50.1 Å². The van der Waals surface area contributed by atoms with Crippen LogP contribution < -0.4 is 10.1 Å². The molecule has 2 aromatic carbocycles. The zero-order chi connectivity index (χ0) is 15.4. The molecule has 0 amide bonds. The highest BCUT2D eigenvalue weighted by atomic mass is 127. The third-order valence-electron chi connectivity index (χ3n) is 3.19. The molecule has 21 heavy (non-hydrogen) atoms. The highest BCUT2D eigenvalue weighted by Gasteiger charge is 2.18. The van der Waals surface area contributed by atoms with Crippen molar-refractivity contribution in [2.75, 3.05) is 13.7 Å². The van der Waals surface area contributed by atoms with Crippen molar-refractivity contribution in [2.24, 2.45) is 0 Å². The molecule has 112 valence electrons. The first-order valence-electron chi connectivity index (χ1n) is 6.58. The summed E-state index contributed by atoms with van der Waals surface area (Å²) in [5.41, 5.74) is 2.21. The molecule has 0 saturated carbocycles. The summed E-state index contributed by atoms with van der Waals surface area (Å²) >= 11 is 12.0. The lowest BCUT2D eigenvalue weighted by atomic mass is 9.98. The van der Waals surface area contributed by atoms with E-state index in [0.29, 0.717) is 0 Å².